The summed E-state index contributed by atoms with van der Waals surface area (Å²) >= 11 is 0. The molecule has 9 heteroatoms. The van der Waals surface area contributed by atoms with Crippen LogP contribution in [0.25, 0.3) is 0 Å². The quantitative estimate of drug-likeness (QED) is 0.240. The van der Waals surface area contributed by atoms with Crippen molar-refractivity contribution in [3.63, 3.8) is 0 Å². The Balaban J connectivity index is 1.93. The van der Waals surface area contributed by atoms with Crippen molar-refractivity contribution in [2.45, 2.75) is 27.1 Å². The number of rotatable bonds is 9. The maximum Gasteiger partial charge on any atom is 0.407 e. The number of nitrogens with one attached hydrogen (secondary N) is 1. The minimum Gasteiger partial charge on any atom is -0.505 e. The van der Waals surface area contributed by atoms with Crippen molar-refractivity contribution in [1.82, 2.24) is 5.32 Å². The minimum absolute atomic E-state index is 0.0136. The number of carbonyl (C=O) groups excluding carboxylic acids is 2. The van der Waals surface area contributed by atoms with Gasteiger partial charge < -0.3 is 25.0 Å². The van der Waals surface area contributed by atoms with E-state index >= 15 is 0 Å². The molecule has 0 spiro atoms. The fourth-order valence-electron chi connectivity index (χ4n) is 2.41. The predicted octanol–water partition coefficient (Wildman–Crippen LogP) is 3.95. The van der Waals surface area contributed by atoms with E-state index in [0.717, 1.165) is 11.1 Å². The molecule has 1 amide bonds. The number of phenols is 1. The Morgan fingerprint density at radius 1 is 1.13 bits per heavy atom. The van der Waals surface area contributed by atoms with E-state index in [1.807, 2.05) is 6.92 Å². The number of aliphatic hydroxyl groups excluding tert-OH is 1. The van der Waals surface area contributed by atoms with Crippen LogP contribution in [-0.2, 0) is 27.5 Å². The van der Waals surface area contributed by atoms with Crippen LogP contribution in [0.2, 0.25) is 0 Å². The van der Waals surface area contributed by atoms with Gasteiger partial charge in [-0.25, -0.2) is 9.59 Å². The van der Waals surface area contributed by atoms with Crippen molar-refractivity contribution in [1.29, 1.82) is 0 Å². The molecule has 0 aliphatic heterocycles. The summed E-state index contributed by atoms with van der Waals surface area (Å²) in [7, 11) is 0. The number of aromatic hydroxyl groups is 1. The highest BCUT2D eigenvalue weighted by atomic mass is 16.6. The molecule has 0 radical (unpaired) electrons. The topological polar surface area (TPSA) is 130 Å². The van der Waals surface area contributed by atoms with Crippen molar-refractivity contribution >= 4 is 23.4 Å². The number of hydrogen-bond donors (Lipinski definition) is 3. The molecule has 0 saturated heterocycles. The van der Waals surface area contributed by atoms with E-state index in [-0.39, 0.29) is 43.4 Å². The third-order valence-corrected chi connectivity index (χ3v) is 4.02. The summed E-state index contributed by atoms with van der Waals surface area (Å²) in [6.07, 6.45) is -0.723. The Morgan fingerprint density at radius 2 is 1.84 bits per heavy atom. The first kappa shape index (κ1) is 23.6. The second-order valence-corrected chi connectivity index (χ2v) is 6.74. The van der Waals surface area contributed by atoms with Crippen LogP contribution in [0.3, 0.4) is 0 Å². The van der Waals surface area contributed by atoms with E-state index in [4.69, 9.17) is 14.6 Å². The van der Waals surface area contributed by atoms with E-state index in [9.17, 15) is 14.7 Å². The SMILES string of the molecule is C=C(C)C(=O)OCCNC(=O)OCc1cc(C)cc(N=Nc2ccc(CO)cc2)c1O. The van der Waals surface area contributed by atoms with Gasteiger partial charge in [0, 0.05) is 11.1 Å². The standard InChI is InChI=1S/C22H25N3O6/c1-14(2)21(28)30-9-8-23-22(29)31-13-17-10-15(3)11-19(20(17)27)25-24-18-6-4-16(12-26)5-7-18/h4-7,10-11,26-27H,1,8-9,12-13H2,2-3H3,(H,23,29). The second-order valence-electron chi connectivity index (χ2n) is 6.74. The number of amides is 1. The molecule has 0 atom stereocenters. The average molecular weight is 427 g/mol. The van der Waals surface area contributed by atoms with Crippen LogP contribution in [0.4, 0.5) is 16.2 Å². The predicted molar refractivity (Wildman–Crippen MR) is 113 cm³/mol. The molecule has 0 aromatic heterocycles. The van der Waals surface area contributed by atoms with Crippen LogP contribution < -0.4 is 5.32 Å². The van der Waals surface area contributed by atoms with E-state index in [0.29, 0.717) is 11.3 Å². The molecule has 0 fully saturated rings. The van der Waals surface area contributed by atoms with Gasteiger partial charge in [0.1, 0.15) is 24.7 Å². The van der Waals surface area contributed by atoms with Crippen molar-refractivity contribution < 1.29 is 29.3 Å². The molecule has 0 unspecified atom stereocenters. The van der Waals surface area contributed by atoms with Gasteiger partial charge in [-0.2, -0.15) is 5.11 Å². The molecule has 2 aromatic carbocycles. The maximum absolute atomic E-state index is 11.8. The number of alkyl carbamates (subject to hydrolysis) is 1. The van der Waals surface area contributed by atoms with E-state index in [1.165, 1.54) is 6.92 Å². The molecule has 0 bridgehead atoms. The lowest BCUT2D eigenvalue weighted by Gasteiger charge is -2.10. The number of hydrogen-bond acceptors (Lipinski definition) is 8. The van der Waals surface area contributed by atoms with E-state index in [1.54, 1.807) is 36.4 Å². The summed E-state index contributed by atoms with van der Waals surface area (Å²) in [4.78, 5) is 23.1. The lowest BCUT2D eigenvalue weighted by atomic mass is 10.1. The van der Waals surface area contributed by atoms with Crippen molar-refractivity contribution in [3.05, 3.63) is 65.2 Å². The van der Waals surface area contributed by atoms with Crippen LogP contribution in [-0.4, -0.2) is 35.4 Å². The lowest BCUT2D eigenvalue weighted by Crippen LogP contribution is -2.28. The molecular formula is C22H25N3O6. The van der Waals surface area contributed by atoms with Gasteiger partial charge in [0.15, 0.2) is 0 Å². The number of aliphatic hydroxyl groups is 1. The van der Waals surface area contributed by atoms with E-state index < -0.39 is 12.1 Å². The Hall–Kier alpha value is -3.72. The van der Waals surface area contributed by atoms with Crippen molar-refractivity contribution in [2.75, 3.05) is 13.2 Å². The van der Waals surface area contributed by atoms with Crippen molar-refractivity contribution in [3.8, 4) is 5.75 Å². The number of benzene rings is 2. The summed E-state index contributed by atoms with van der Waals surface area (Å²) in [5.74, 6) is -0.685. The van der Waals surface area contributed by atoms with Gasteiger partial charge in [-0.1, -0.05) is 18.7 Å². The zero-order valence-electron chi connectivity index (χ0n) is 17.4. The van der Waals surface area contributed by atoms with Crippen molar-refractivity contribution in [2.24, 2.45) is 10.2 Å². The molecule has 0 saturated carbocycles. The summed E-state index contributed by atoms with van der Waals surface area (Å²) in [6, 6.07) is 10.2. The zero-order valence-corrected chi connectivity index (χ0v) is 17.4. The number of carbonyl (C=O) groups is 2. The van der Waals surface area contributed by atoms with Gasteiger partial charge in [-0.05, 0) is 49.2 Å². The van der Waals surface area contributed by atoms with Crippen LogP contribution in [0.5, 0.6) is 5.75 Å². The number of nitrogens with zero attached hydrogens (tertiary/aromatic N) is 2. The van der Waals surface area contributed by atoms with Crippen LogP contribution in [0.1, 0.15) is 23.6 Å². The Morgan fingerprint density at radius 3 is 2.48 bits per heavy atom. The first-order valence-electron chi connectivity index (χ1n) is 9.47. The Labute approximate surface area is 180 Å². The number of azo groups is 1. The molecule has 164 valence electrons. The van der Waals surface area contributed by atoms with Gasteiger partial charge in [-0.15, -0.1) is 5.11 Å². The summed E-state index contributed by atoms with van der Waals surface area (Å²) < 4.78 is 9.96. The fraction of sp³-hybridized carbons (Fsp3) is 0.273. The molecule has 0 aliphatic carbocycles. The molecule has 3 N–H and O–H groups in total. The van der Waals surface area contributed by atoms with Crippen LogP contribution in [0.15, 0.2) is 58.8 Å². The Bertz CT molecular complexity index is 970. The number of phenolic OH excluding ortho intramolecular Hbond substituents is 1. The third-order valence-electron chi connectivity index (χ3n) is 4.02. The number of aryl methyl sites for hydroxylation is 1. The summed E-state index contributed by atoms with van der Waals surface area (Å²) in [5.41, 5.74) is 2.98. The molecule has 2 aromatic rings. The van der Waals surface area contributed by atoms with Gasteiger partial charge >= 0.3 is 12.1 Å². The Kier molecular flexibility index (Phi) is 8.71. The summed E-state index contributed by atoms with van der Waals surface area (Å²) in [5, 5.41) is 30.1. The molecule has 0 heterocycles. The first-order chi connectivity index (χ1) is 14.8. The van der Waals surface area contributed by atoms with Gasteiger partial charge in [0.2, 0.25) is 0 Å². The number of esters is 1. The minimum atomic E-state index is -0.723. The normalized spacial score (nSPS) is 10.7. The van der Waals surface area contributed by atoms with Gasteiger partial charge in [0.25, 0.3) is 0 Å². The smallest absolute Gasteiger partial charge is 0.407 e. The molecule has 0 aliphatic rings. The lowest BCUT2D eigenvalue weighted by molar-refractivity contribution is -0.138. The second kappa shape index (κ2) is 11.5. The fourth-order valence-corrected chi connectivity index (χ4v) is 2.41. The first-order valence-corrected chi connectivity index (χ1v) is 9.47. The van der Waals surface area contributed by atoms with Crippen LogP contribution in [0, 0.1) is 6.92 Å². The highest BCUT2D eigenvalue weighted by Crippen LogP contribution is 2.33. The highest BCUT2D eigenvalue weighted by molar-refractivity contribution is 5.86. The van der Waals surface area contributed by atoms with E-state index in [2.05, 4.69) is 22.1 Å². The zero-order chi connectivity index (χ0) is 22.8. The monoisotopic (exact) mass is 427 g/mol. The summed E-state index contributed by atoms with van der Waals surface area (Å²) in [6.45, 7) is 6.62. The molecular weight excluding hydrogens is 402 g/mol. The number of ether oxygens (including phenoxy) is 2. The van der Waals surface area contributed by atoms with Gasteiger partial charge in [-0.3, -0.25) is 0 Å². The molecule has 31 heavy (non-hydrogen) atoms. The van der Waals surface area contributed by atoms with Crippen LogP contribution >= 0.6 is 0 Å². The maximum atomic E-state index is 11.8. The average Bonchev–Trinajstić information content (AvgIpc) is 2.76. The molecule has 9 nitrogen and oxygen atoms in total. The van der Waals surface area contributed by atoms with Gasteiger partial charge in [0.05, 0.1) is 18.8 Å². The third kappa shape index (κ3) is 7.56. The largest absolute Gasteiger partial charge is 0.505 e. The molecule has 2 rings (SSSR count). The highest BCUT2D eigenvalue weighted by Gasteiger charge is 2.12.